The number of rotatable bonds is 4. The molecule has 1 aliphatic carbocycles. The smallest absolute Gasteiger partial charge is 0.242 e. The minimum absolute atomic E-state index is 0.0113. The molecule has 19 heavy (non-hydrogen) atoms. The molecule has 0 radical (unpaired) electrons. The van der Waals surface area contributed by atoms with E-state index in [-0.39, 0.29) is 17.1 Å². The summed E-state index contributed by atoms with van der Waals surface area (Å²) < 4.78 is 26.7. The van der Waals surface area contributed by atoms with Gasteiger partial charge in [0.05, 0.1) is 11.3 Å². The number of hydrogen-bond donors (Lipinski definition) is 3. The molecule has 0 spiro atoms. The number of aliphatic hydroxyl groups is 1. The number of halogens is 1. The van der Waals surface area contributed by atoms with Gasteiger partial charge >= 0.3 is 0 Å². The Bertz CT molecular complexity index is 568. The van der Waals surface area contributed by atoms with Gasteiger partial charge in [0.15, 0.2) is 0 Å². The summed E-state index contributed by atoms with van der Waals surface area (Å²) in [5, 5.41) is 10.5. The highest BCUT2D eigenvalue weighted by molar-refractivity contribution is 7.89. The second-order valence-corrected chi connectivity index (χ2v) is 7.11. The Morgan fingerprint density at radius 3 is 2.58 bits per heavy atom. The van der Waals surface area contributed by atoms with Crippen LogP contribution in [0, 0.1) is 0 Å². The van der Waals surface area contributed by atoms with E-state index in [2.05, 4.69) is 4.72 Å². The highest BCUT2D eigenvalue weighted by atomic mass is 35.5. The molecule has 1 fully saturated rings. The number of hydrogen-bond acceptors (Lipinski definition) is 4. The Labute approximate surface area is 117 Å². The quantitative estimate of drug-likeness (QED) is 0.735. The van der Waals surface area contributed by atoms with E-state index in [0.717, 1.165) is 12.8 Å². The molecule has 0 aliphatic heterocycles. The van der Waals surface area contributed by atoms with Crippen LogP contribution in [0.5, 0.6) is 0 Å². The van der Waals surface area contributed by atoms with Gasteiger partial charge in [-0.3, -0.25) is 0 Å². The zero-order valence-corrected chi connectivity index (χ0v) is 12.0. The van der Waals surface area contributed by atoms with Gasteiger partial charge < -0.3 is 10.8 Å². The normalized spacial score (nSPS) is 18.6. The highest BCUT2D eigenvalue weighted by Crippen LogP contribution is 2.29. The molecular weight excluding hydrogens is 288 g/mol. The summed E-state index contributed by atoms with van der Waals surface area (Å²) in [6.07, 6.45) is 3.07. The van der Waals surface area contributed by atoms with E-state index in [1.165, 1.54) is 18.2 Å². The Balaban J connectivity index is 2.14. The topological polar surface area (TPSA) is 92.4 Å². The third-order valence-electron chi connectivity index (χ3n) is 3.39. The van der Waals surface area contributed by atoms with Crippen molar-refractivity contribution in [2.24, 2.45) is 0 Å². The van der Waals surface area contributed by atoms with Crippen LogP contribution in [0.1, 0.15) is 25.7 Å². The molecule has 0 unspecified atom stereocenters. The van der Waals surface area contributed by atoms with Gasteiger partial charge in [-0.1, -0.05) is 24.4 Å². The molecule has 4 N–H and O–H groups in total. The van der Waals surface area contributed by atoms with Crippen LogP contribution in [0.15, 0.2) is 23.1 Å². The monoisotopic (exact) mass is 304 g/mol. The molecule has 1 aliphatic rings. The predicted octanol–water partition coefficient (Wildman–Crippen LogP) is 1.51. The molecule has 0 aromatic heterocycles. The summed E-state index contributed by atoms with van der Waals surface area (Å²) in [6, 6.07) is 4.22. The molecule has 0 atom stereocenters. The lowest BCUT2D eigenvalue weighted by Crippen LogP contribution is -2.40. The molecule has 106 valence electrons. The summed E-state index contributed by atoms with van der Waals surface area (Å²) in [5.41, 5.74) is 4.82. The molecule has 2 rings (SSSR count). The average Bonchev–Trinajstić information content (AvgIpc) is 2.74. The van der Waals surface area contributed by atoms with Crippen molar-refractivity contribution in [3.05, 3.63) is 23.2 Å². The molecule has 0 saturated heterocycles. The number of benzene rings is 1. The van der Waals surface area contributed by atoms with Crippen LogP contribution >= 0.6 is 11.6 Å². The Morgan fingerprint density at radius 1 is 1.37 bits per heavy atom. The molecule has 0 bridgehead atoms. The lowest BCUT2D eigenvalue weighted by molar-refractivity contribution is 0.0532. The average molecular weight is 305 g/mol. The maximum Gasteiger partial charge on any atom is 0.242 e. The predicted molar refractivity (Wildman–Crippen MR) is 74.5 cm³/mol. The van der Waals surface area contributed by atoms with Gasteiger partial charge in [-0.2, -0.15) is 0 Å². The van der Waals surface area contributed by atoms with Crippen molar-refractivity contribution < 1.29 is 13.5 Å². The van der Waals surface area contributed by atoms with Gasteiger partial charge in [-0.25, -0.2) is 13.1 Å². The highest BCUT2D eigenvalue weighted by Gasteiger charge is 2.32. The largest absolute Gasteiger partial charge is 0.398 e. The first-order valence-electron chi connectivity index (χ1n) is 6.10. The minimum Gasteiger partial charge on any atom is -0.398 e. The summed E-state index contributed by atoms with van der Waals surface area (Å²) in [7, 11) is -3.73. The SMILES string of the molecule is Nc1cc(Cl)ccc1S(=O)(=O)NCC1(O)CCCC1. The maximum atomic E-state index is 12.1. The van der Waals surface area contributed by atoms with Crippen molar-refractivity contribution in [2.45, 2.75) is 36.2 Å². The molecule has 1 saturated carbocycles. The minimum atomic E-state index is -3.73. The summed E-state index contributed by atoms with van der Waals surface area (Å²) in [5.74, 6) is 0. The van der Waals surface area contributed by atoms with E-state index in [4.69, 9.17) is 17.3 Å². The van der Waals surface area contributed by atoms with Gasteiger partial charge in [0.1, 0.15) is 4.90 Å². The Kier molecular flexibility index (Phi) is 4.06. The molecular formula is C12H17ClN2O3S. The third kappa shape index (κ3) is 3.39. The van der Waals surface area contributed by atoms with E-state index < -0.39 is 15.6 Å². The fourth-order valence-electron chi connectivity index (χ4n) is 2.28. The van der Waals surface area contributed by atoms with Crippen molar-refractivity contribution >= 4 is 27.3 Å². The fraction of sp³-hybridized carbons (Fsp3) is 0.500. The zero-order chi connectivity index (χ0) is 14.1. The van der Waals surface area contributed by atoms with Crippen LogP contribution in [0.25, 0.3) is 0 Å². The molecule has 0 amide bonds. The number of nitrogens with two attached hydrogens (primary N) is 1. The van der Waals surface area contributed by atoms with Gasteiger partial charge in [-0.15, -0.1) is 0 Å². The van der Waals surface area contributed by atoms with Crippen molar-refractivity contribution in [2.75, 3.05) is 12.3 Å². The van der Waals surface area contributed by atoms with Gasteiger partial charge in [-0.05, 0) is 31.0 Å². The van der Waals surface area contributed by atoms with E-state index in [9.17, 15) is 13.5 Å². The Hall–Kier alpha value is -0.820. The van der Waals surface area contributed by atoms with Crippen molar-refractivity contribution in [3.8, 4) is 0 Å². The standard InChI is InChI=1S/C12H17ClN2O3S/c13-9-3-4-11(10(14)7-9)19(17,18)15-8-12(16)5-1-2-6-12/h3-4,7,15-16H,1-2,5-6,8,14H2. The zero-order valence-electron chi connectivity index (χ0n) is 10.4. The van der Waals surface area contributed by atoms with Crippen LogP contribution in [0.4, 0.5) is 5.69 Å². The van der Waals surface area contributed by atoms with Crippen LogP contribution < -0.4 is 10.5 Å². The van der Waals surface area contributed by atoms with Crippen LogP contribution in [-0.4, -0.2) is 25.7 Å². The number of sulfonamides is 1. The van der Waals surface area contributed by atoms with Crippen molar-refractivity contribution in [1.82, 2.24) is 4.72 Å². The second kappa shape index (κ2) is 5.28. The lowest BCUT2D eigenvalue weighted by Gasteiger charge is -2.22. The van der Waals surface area contributed by atoms with Gasteiger partial charge in [0.25, 0.3) is 0 Å². The molecule has 5 nitrogen and oxygen atoms in total. The fourth-order valence-corrected chi connectivity index (χ4v) is 3.69. The first-order valence-corrected chi connectivity index (χ1v) is 7.96. The van der Waals surface area contributed by atoms with Crippen molar-refractivity contribution in [1.29, 1.82) is 0 Å². The maximum absolute atomic E-state index is 12.1. The summed E-state index contributed by atoms with van der Waals surface area (Å²) in [4.78, 5) is -0.0153. The molecule has 1 aromatic carbocycles. The second-order valence-electron chi connectivity index (χ2n) is 4.94. The van der Waals surface area contributed by atoms with E-state index >= 15 is 0 Å². The third-order valence-corrected chi connectivity index (χ3v) is 5.10. The van der Waals surface area contributed by atoms with Gasteiger partial charge in [0.2, 0.25) is 10.0 Å². The van der Waals surface area contributed by atoms with Gasteiger partial charge in [0, 0.05) is 11.6 Å². The first-order chi connectivity index (χ1) is 8.82. The van der Waals surface area contributed by atoms with Crippen molar-refractivity contribution in [3.63, 3.8) is 0 Å². The van der Waals surface area contributed by atoms with Crippen LogP contribution in [0.3, 0.4) is 0 Å². The lowest BCUT2D eigenvalue weighted by atomic mass is 10.0. The number of anilines is 1. The van der Waals surface area contributed by atoms with Crippen LogP contribution in [-0.2, 0) is 10.0 Å². The summed E-state index contributed by atoms with van der Waals surface area (Å²) in [6.45, 7) is 0.0113. The molecule has 1 aromatic rings. The van der Waals surface area contributed by atoms with E-state index in [0.29, 0.717) is 17.9 Å². The number of nitrogen functional groups attached to an aromatic ring is 1. The summed E-state index contributed by atoms with van der Waals surface area (Å²) >= 11 is 5.73. The first kappa shape index (κ1) is 14.6. The van der Waals surface area contributed by atoms with E-state index in [1.54, 1.807) is 0 Å². The molecule has 0 heterocycles. The molecule has 7 heteroatoms. The van der Waals surface area contributed by atoms with E-state index in [1.807, 2.05) is 0 Å². The Morgan fingerprint density at radius 2 is 2.00 bits per heavy atom. The van der Waals surface area contributed by atoms with Crippen LogP contribution in [0.2, 0.25) is 5.02 Å². The number of nitrogens with one attached hydrogen (secondary N) is 1.